The van der Waals surface area contributed by atoms with Gasteiger partial charge in [-0.25, -0.2) is 4.79 Å². The molecule has 1 atom stereocenters. The van der Waals surface area contributed by atoms with Crippen LogP contribution in [0.3, 0.4) is 0 Å². The lowest BCUT2D eigenvalue weighted by Gasteiger charge is -2.19. The fraction of sp³-hybridized carbons (Fsp3) is 0.857. The summed E-state index contributed by atoms with van der Waals surface area (Å²) in [5.41, 5.74) is 0. The van der Waals surface area contributed by atoms with Gasteiger partial charge in [0.1, 0.15) is 6.61 Å². The third-order valence-electron chi connectivity index (χ3n) is 2.27. The number of cyclic esters (lactones) is 1. The van der Waals surface area contributed by atoms with E-state index in [1.165, 1.54) is 0 Å². The molecule has 0 bridgehead atoms. The van der Waals surface area contributed by atoms with Crippen molar-refractivity contribution in [2.24, 2.45) is 0 Å². The Morgan fingerprint density at radius 1 is 1.58 bits per heavy atom. The molecule has 4 nitrogen and oxygen atoms in total. The van der Waals surface area contributed by atoms with Crippen LogP contribution in [0.5, 0.6) is 0 Å². The van der Waals surface area contributed by atoms with Gasteiger partial charge in [0.15, 0.2) is 0 Å². The molecule has 1 N–H and O–H groups in total. The minimum atomic E-state index is -0.140. The van der Waals surface area contributed by atoms with Crippen LogP contribution in [0.15, 0.2) is 0 Å². The summed E-state index contributed by atoms with van der Waals surface area (Å²) in [6.07, 6.45) is 0.924. The maximum absolute atomic E-state index is 11.0. The van der Waals surface area contributed by atoms with E-state index in [1.807, 2.05) is 4.90 Å². The van der Waals surface area contributed by atoms with Crippen molar-refractivity contribution in [2.45, 2.75) is 12.5 Å². The molecule has 5 heteroatoms. The van der Waals surface area contributed by atoms with Crippen molar-refractivity contribution in [1.29, 1.82) is 0 Å². The number of hydrogen-bond donors (Lipinski definition) is 1. The number of amides is 1. The molecule has 2 saturated heterocycles. The fourth-order valence-corrected chi connectivity index (χ4v) is 1.64. The summed E-state index contributed by atoms with van der Waals surface area (Å²) in [5.74, 6) is 0. The average molecular weight is 193 g/mol. The Labute approximate surface area is 77.7 Å². The number of carbonyl (C=O) groups excluding carboxylic acids is 1. The van der Waals surface area contributed by atoms with E-state index in [1.54, 1.807) is 0 Å². The van der Waals surface area contributed by atoms with Crippen molar-refractivity contribution in [1.82, 2.24) is 10.2 Å². The van der Waals surface area contributed by atoms with E-state index in [-0.39, 0.29) is 18.5 Å². The topological polar surface area (TPSA) is 41.6 Å². The highest BCUT2D eigenvalue weighted by atomic mass is 35.5. The predicted octanol–water partition coefficient (Wildman–Crippen LogP) is 0.222. The first kappa shape index (κ1) is 9.61. The Hall–Kier alpha value is -0.480. The summed E-state index contributed by atoms with van der Waals surface area (Å²) in [6.45, 7) is 3.28. The first-order valence-corrected chi connectivity index (χ1v) is 4.02. The highest BCUT2D eigenvalue weighted by Gasteiger charge is 2.31. The third-order valence-corrected chi connectivity index (χ3v) is 2.27. The van der Waals surface area contributed by atoms with Crippen LogP contribution in [0.2, 0.25) is 0 Å². The first-order chi connectivity index (χ1) is 5.38. The zero-order valence-corrected chi connectivity index (χ0v) is 7.60. The molecular formula is C7H13ClN2O2. The largest absolute Gasteiger partial charge is 0.448 e. The van der Waals surface area contributed by atoms with Gasteiger partial charge in [0, 0.05) is 12.6 Å². The second kappa shape index (κ2) is 3.96. The Morgan fingerprint density at radius 2 is 2.42 bits per heavy atom. The van der Waals surface area contributed by atoms with E-state index in [2.05, 4.69) is 5.32 Å². The summed E-state index contributed by atoms with van der Waals surface area (Å²) in [7, 11) is 0. The van der Waals surface area contributed by atoms with Gasteiger partial charge in [-0.1, -0.05) is 0 Å². The van der Waals surface area contributed by atoms with Crippen LogP contribution >= 0.6 is 12.4 Å². The summed E-state index contributed by atoms with van der Waals surface area (Å²) >= 11 is 0. The molecule has 0 aliphatic carbocycles. The summed E-state index contributed by atoms with van der Waals surface area (Å²) in [4.78, 5) is 12.9. The molecule has 0 spiro atoms. The molecule has 2 heterocycles. The van der Waals surface area contributed by atoms with Crippen molar-refractivity contribution >= 4 is 18.5 Å². The van der Waals surface area contributed by atoms with Crippen LogP contribution in [0.4, 0.5) is 4.79 Å². The van der Waals surface area contributed by atoms with Gasteiger partial charge in [-0.2, -0.15) is 0 Å². The molecule has 2 aliphatic rings. The molecule has 70 valence electrons. The molecule has 0 aromatic rings. The smallest absolute Gasteiger partial charge is 0.410 e. The number of hydrogen-bond acceptors (Lipinski definition) is 3. The molecule has 0 radical (unpaired) electrons. The van der Waals surface area contributed by atoms with Gasteiger partial charge >= 0.3 is 6.09 Å². The standard InChI is InChI=1S/C7H12N2O2.ClH/c10-7-9(3-4-11-7)6-1-2-8-5-6;/h6,8H,1-5H2;1H/t6-;/m0./s1. The van der Waals surface area contributed by atoms with Crippen LogP contribution in [-0.4, -0.2) is 43.3 Å². The molecular weight excluding hydrogens is 180 g/mol. The zero-order chi connectivity index (χ0) is 7.68. The van der Waals surface area contributed by atoms with Crippen LogP contribution in [0.25, 0.3) is 0 Å². The first-order valence-electron chi connectivity index (χ1n) is 4.02. The summed E-state index contributed by atoms with van der Waals surface area (Å²) in [6, 6.07) is 0.380. The highest BCUT2D eigenvalue weighted by Crippen LogP contribution is 2.13. The lowest BCUT2D eigenvalue weighted by molar-refractivity contribution is 0.150. The Balaban J connectivity index is 0.000000720. The SMILES string of the molecule is Cl.O=C1OCCN1[C@H]1CCNC1. The normalized spacial score (nSPS) is 28.5. The van der Waals surface area contributed by atoms with Crippen LogP contribution < -0.4 is 5.32 Å². The summed E-state index contributed by atoms with van der Waals surface area (Å²) < 4.78 is 4.84. The van der Waals surface area contributed by atoms with Gasteiger partial charge in [-0.15, -0.1) is 12.4 Å². The second-order valence-corrected chi connectivity index (χ2v) is 2.95. The molecule has 1 amide bonds. The predicted molar refractivity (Wildman–Crippen MR) is 46.6 cm³/mol. The summed E-state index contributed by atoms with van der Waals surface area (Å²) in [5, 5.41) is 3.22. The van der Waals surface area contributed by atoms with Crippen molar-refractivity contribution in [3.8, 4) is 0 Å². The monoisotopic (exact) mass is 192 g/mol. The van der Waals surface area contributed by atoms with Gasteiger partial charge in [-0.3, -0.25) is 0 Å². The number of nitrogens with one attached hydrogen (secondary N) is 1. The average Bonchev–Trinajstić information content (AvgIpc) is 2.55. The van der Waals surface area contributed by atoms with Gasteiger partial charge in [0.25, 0.3) is 0 Å². The molecule has 0 unspecified atom stereocenters. The highest BCUT2D eigenvalue weighted by molar-refractivity contribution is 5.85. The van der Waals surface area contributed by atoms with Crippen molar-refractivity contribution < 1.29 is 9.53 Å². The van der Waals surface area contributed by atoms with Crippen molar-refractivity contribution in [3.05, 3.63) is 0 Å². The second-order valence-electron chi connectivity index (χ2n) is 2.95. The van der Waals surface area contributed by atoms with E-state index in [0.29, 0.717) is 12.6 Å². The molecule has 2 aliphatic heterocycles. The van der Waals surface area contributed by atoms with Gasteiger partial charge in [0.2, 0.25) is 0 Å². The Bertz CT molecular complexity index is 171. The molecule has 2 rings (SSSR count). The Morgan fingerprint density at radius 3 is 2.92 bits per heavy atom. The molecule has 0 saturated carbocycles. The van der Waals surface area contributed by atoms with Crippen LogP contribution in [0, 0.1) is 0 Å². The molecule has 0 aromatic heterocycles. The van der Waals surface area contributed by atoms with E-state index < -0.39 is 0 Å². The maximum atomic E-state index is 11.0. The van der Waals surface area contributed by atoms with Crippen molar-refractivity contribution in [2.75, 3.05) is 26.2 Å². The fourth-order valence-electron chi connectivity index (χ4n) is 1.64. The van der Waals surface area contributed by atoms with E-state index >= 15 is 0 Å². The van der Waals surface area contributed by atoms with Gasteiger partial charge < -0.3 is 15.0 Å². The quantitative estimate of drug-likeness (QED) is 0.647. The lowest BCUT2D eigenvalue weighted by Crippen LogP contribution is -2.37. The van der Waals surface area contributed by atoms with Crippen LogP contribution in [0.1, 0.15) is 6.42 Å². The number of ether oxygens (including phenoxy) is 1. The number of nitrogens with zero attached hydrogens (tertiary/aromatic N) is 1. The zero-order valence-electron chi connectivity index (χ0n) is 6.78. The van der Waals surface area contributed by atoms with Gasteiger partial charge in [-0.05, 0) is 13.0 Å². The number of rotatable bonds is 1. The number of carbonyl (C=O) groups is 1. The Kier molecular flexibility index (Phi) is 3.17. The molecule has 12 heavy (non-hydrogen) atoms. The maximum Gasteiger partial charge on any atom is 0.410 e. The number of halogens is 1. The van der Waals surface area contributed by atoms with E-state index in [0.717, 1.165) is 26.1 Å². The van der Waals surface area contributed by atoms with Crippen molar-refractivity contribution in [3.63, 3.8) is 0 Å². The third kappa shape index (κ3) is 1.64. The molecule has 0 aromatic carbocycles. The van der Waals surface area contributed by atoms with Gasteiger partial charge in [0.05, 0.1) is 6.54 Å². The molecule has 2 fully saturated rings. The van der Waals surface area contributed by atoms with Crippen LogP contribution in [-0.2, 0) is 4.74 Å². The van der Waals surface area contributed by atoms with E-state index in [4.69, 9.17) is 4.74 Å². The lowest BCUT2D eigenvalue weighted by atomic mass is 10.2. The van der Waals surface area contributed by atoms with E-state index in [9.17, 15) is 4.79 Å². The minimum Gasteiger partial charge on any atom is -0.448 e. The minimum absolute atomic E-state index is 0.